The van der Waals surface area contributed by atoms with Gasteiger partial charge < -0.3 is 5.11 Å². The van der Waals surface area contributed by atoms with E-state index in [2.05, 4.69) is 48.1 Å². The van der Waals surface area contributed by atoms with E-state index < -0.39 is 5.97 Å². The lowest BCUT2D eigenvalue weighted by molar-refractivity contribution is 0.0690. The lowest BCUT2D eigenvalue weighted by Crippen LogP contribution is -2.00. The van der Waals surface area contributed by atoms with Crippen LogP contribution in [0.4, 0.5) is 0 Å². The van der Waals surface area contributed by atoms with E-state index in [1.54, 1.807) is 6.92 Å². The van der Waals surface area contributed by atoms with Crippen molar-refractivity contribution in [1.29, 1.82) is 0 Å². The summed E-state index contributed by atoms with van der Waals surface area (Å²) in [6.45, 7) is 5.94. The molecular formula is C14H16N2O2. The summed E-state index contributed by atoms with van der Waals surface area (Å²) in [5.74, 6) is -1.05. The molecule has 1 N–H and O–H groups in total. The Labute approximate surface area is 106 Å². The zero-order chi connectivity index (χ0) is 13.5. The number of aromatic nitrogens is 2. The first kappa shape index (κ1) is 13.8. The highest BCUT2D eigenvalue weighted by molar-refractivity contribution is 5.84. The number of hydrogen-bond donors (Lipinski definition) is 1. The molecule has 0 amide bonds. The van der Waals surface area contributed by atoms with Gasteiger partial charge in [0.05, 0.1) is 11.9 Å². The molecule has 1 aromatic carbocycles. The van der Waals surface area contributed by atoms with Crippen LogP contribution in [-0.2, 0) is 0 Å². The van der Waals surface area contributed by atoms with Gasteiger partial charge in [-0.25, -0.2) is 9.78 Å². The van der Waals surface area contributed by atoms with Gasteiger partial charge in [0.15, 0.2) is 5.69 Å². The van der Waals surface area contributed by atoms with Crippen molar-refractivity contribution in [2.75, 3.05) is 0 Å². The maximum atomic E-state index is 10.2. The molecule has 4 nitrogen and oxygen atoms in total. The quantitative estimate of drug-likeness (QED) is 0.837. The number of nitrogens with zero attached hydrogens (tertiary/aromatic N) is 2. The smallest absolute Gasteiger partial charge is 0.356 e. The van der Waals surface area contributed by atoms with E-state index in [4.69, 9.17) is 5.11 Å². The van der Waals surface area contributed by atoms with E-state index >= 15 is 0 Å². The molecule has 0 saturated heterocycles. The topological polar surface area (TPSA) is 63.1 Å². The van der Waals surface area contributed by atoms with E-state index in [1.165, 1.54) is 23.5 Å². The van der Waals surface area contributed by atoms with Crippen LogP contribution in [0, 0.1) is 20.8 Å². The van der Waals surface area contributed by atoms with Gasteiger partial charge in [0, 0.05) is 6.20 Å². The van der Waals surface area contributed by atoms with Crippen molar-refractivity contribution >= 4 is 5.97 Å². The molecule has 0 aliphatic rings. The monoisotopic (exact) mass is 244 g/mol. The molecular weight excluding hydrogens is 228 g/mol. The number of aryl methyl sites for hydroxylation is 3. The zero-order valence-electron chi connectivity index (χ0n) is 10.7. The fourth-order valence-corrected chi connectivity index (χ4v) is 1.14. The first-order valence-electron chi connectivity index (χ1n) is 5.54. The standard InChI is InChI=1S/C8H10.C6H6N2O2/c1-7-3-5-8(2)6-4-7;1-4-2-8-5(3-7-4)6(9)10/h3-6H,1-2H3;2-3H,1H3,(H,9,10). The molecule has 0 atom stereocenters. The Hall–Kier alpha value is -2.23. The molecule has 0 radical (unpaired) electrons. The molecule has 0 fully saturated rings. The molecule has 0 aliphatic carbocycles. The van der Waals surface area contributed by atoms with Crippen molar-refractivity contribution < 1.29 is 9.90 Å². The summed E-state index contributed by atoms with van der Waals surface area (Å²) in [5.41, 5.74) is 3.35. The Morgan fingerprint density at radius 3 is 1.78 bits per heavy atom. The van der Waals surface area contributed by atoms with Crippen molar-refractivity contribution in [3.05, 3.63) is 59.2 Å². The summed E-state index contributed by atoms with van der Waals surface area (Å²) >= 11 is 0. The maximum Gasteiger partial charge on any atom is 0.356 e. The molecule has 2 rings (SSSR count). The first-order chi connectivity index (χ1) is 8.49. The van der Waals surface area contributed by atoms with Gasteiger partial charge in [0.1, 0.15) is 0 Å². The number of carboxylic acids is 1. The van der Waals surface area contributed by atoms with E-state index in [-0.39, 0.29) is 5.69 Å². The summed E-state index contributed by atoms with van der Waals surface area (Å²) in [6.07, 6.45) is 2.65. The number of hydrogen-bond acceptors (Lipinski definition) is 3. The third-order valence-corrected chi connectivity index (χ3v) is 2.22. The van der Waals surface area contributed by atoms with E-state index in [0.717, 1.165) is 0 Å². The van der Waals surface area contributed by atoms with Crippen molar-refractivity contribution in [1.82, 2.24) is 9.97 Å². The summed E-state index contributed by atoms with van der Waals surface area (Å²) in [4.78, 5) is 17.6. The molecule has 18 heavy (non-hydrogen) atoms. The van der Waals surface area contributed by atoms with Crippen molar-refractivity contribution in [2.45, 2.75) is 20.8 Å². The van der Waals surface area contributed by atoms with E-state index in [0.29, 0.717) is 5.69 Å². The fourth-order valence-electron chi connectivity index (χ4n) is 1.14. The van der Waals surface area contributed by atoms with Gasteiger partial charge in [-0.05, 0) is 20.8 Å². The Balaban J connectivity index is 0.000000184. The van der Waals surface area contributed by atoms with Crippen LogP contribution in [0.15, 0.2) is 36.7 Å². The zero-order valence-corrected chi connectivity index (χ0v) is 10.7. The van der Waals surface area contributed by atoms with Gasteiger partial charge in [0.25, 0.3) is 0 Å². The first-order valence-corrected chi connectivity index (χ1v) is 5.54. The Kier molecular flexibility index (Phi) is 4.99. The molecule has 0 bridgehead atoms. The van der Waals surface area contributed by atoms with Crippen LogP contribution in [0.2, 0.25) is 0 Å². The van der Waals surface area contributed by atoms with E-state index in [1.807, 2.05) is 0 Å². The minimum Gasteiger partial charge on any atom is -0.476 e. The van der Waals surface area contributed by atoms with Crippen molar-refractivity contribution in [2.24, 2.45) is 0 Å². The van der Waals surface area contributed by atoms with Gasteiger partial charge in [-0.2, -0.15) is 0 Å². The fraction of sp³-hybridized carbons (Fsp3) is 0.214. The minimum atomic E-state index is -1.05. The predicted molar refractivity (Wildman–Crippen MR) is 69.6 cm³/mol. The summed E-state index contributed by atoms with van der Waals surface area (Å²) in [7, 11) is 0. The molecule has 1 aromatic heterocycles. The van der Waals surface area contributed by atoms with Crippen LogP contribution >= 0.6 is 0 Å². The number of aromatic carboxylic acids is 1. The van der Waals surface area contributed by atoms with E-state index in [9.17, 15) is 4.79 Å². The largest absolute Gasteiger partial charge is 0.476 e. The Morgan fingerprint density at radius 2 is 1.44 bits per heavy atom. The molecule has 0 unspecified atom stereocenters. The second-order valence-corrected chi connectivity index (χ2v) is 4.00. The maximum absolute atomic E-state index is 10.2. The molecule has 0 spiro atoms. The van der Waals surface area contributed by atoms with Crippen LogP contribution in [0.25, 0.3) is 0 Å². The normalized spacial score (nSPS) is 9.28. The average Bonchev–Trinajstić information content (AvgIpc) is 2.34. The van der Waals surface area contributed by atoms with Crippen LogP contribution in [-0.4, -0.2) is 21.0 Å². The second kappa shape index (κ2) is 6.49. The number of rotatable bonds is 1. The second-order valence-electron chi connectivity index (χ2n) is 4.00. The molecule has 0 saturated carbocycles. The third-order valence-electron chi connectivity index (χ3n) is 2.22. The predicted octanol–water partition coefficient (Wildman–Crippen LogP) is 2.79. The number of carboxylic acid groups (broad SMARTS) is 1. The SMILES string of the molecule is Cc1ccc(C)cc1.Cc1cnc(C(=O)O)cn1. The lowest BCUT2D eigenvalue weighted by Gasteiger charge is -1.91. The van der Waals surface area contributed by atoms with Crippen LogP contribution in [0.5, 0.6) is 0 Å². The summed E-state index contributed by atoms with van der Waals surface area (Å²) in [5, 5.41) is 8.37. The van der Waals surface area contributed by atoms with Crippen LogP contribution in [0.1, 0.15) is 27.3 Å². The van der Waals surface area contributed by atoms with Gasteiger partial charge in [-0.15, -0.1) is 0 Å². The third kappa shape index (κ3) is 4.74. The molecule has 2 aromatic rings. The summed E-state index contributed by atoms with van der Waals surface area (Å²) in [6, 6.07) is 8.48. The highest BCUT2D eigenvalue weighted by Gasteiger charge is 2.01. The number of carbonyl (C=O) groups is 1. The van der Waals surface area contributed by atoms with Crippen LogP contribution in [0.3, 0.4) is 0 Å². The van der Waals surface area contributed by atoms with Gasteiger partial charge in [0.2, 0.25) is 0 Å². The minimum absolute atomic E-state index is 0.0226. The highest BCUT2D eigenvalue weighted by atomic mass is 16.4. The van der Waals surface area contributed by atoms with Gasteiger partial charge in [-0.3, -0.25) is 4.98 Å². The average molecular weight is 244 g/mol. The van der Waals surface area contributed by atoms with Gasteiger partial charge >= 0.3 is 5.97 Å². The Morgan fingerprint density at radius 1 is 0.944 bits per heavy atom. The number of benzene rings is 1. The summed E-state index contributed by atoms with van der Waals surface area (Å²) < 4.78 is 0. The molecule has 94 valence electrons. The highest BCUT2D eigenvalue weighted by Crippen LogP contribution is 1.99. The molecule has 1 heterocycles. The van der Waals surface area contributed by atoms with Crippen molar-refractivity contribution in [3.63, 3.8) is 0 Å². The Bertz CT molecular complexity index is 483. The van der Waals surface area contributed by atoms with Crippen molar-refractivity contribution in [3.8, 4) is 0 Å². The lowest BCUT2D eigenvalue weighted by atomic mass is 10.2. The molecule has 4 heteroatoms. The van der Waals surface area contributed by atoms with Crippen LogP contribution < -0.4 is 0 Å². The van der Waals surface area contributed by atoms with Gasteiger partial charge in [-0.1, -0.05) is 35.4 Å². The molecule has 0 aliphatic heterocycles.